The van der Waals surface area contributed by atoms with Crippen LogP contribution >= 0.6 is 15.9 Å². The van der Waals surface area contributed by atoms with Gasteiger partial charge in [-0.2, -0.15) is 0 Å². The number of hydrogen-bond acceptors (Lipinski definition) is 2. The SMILES string of the molecule is COc1ccc(CCCNC(=O)N(C)Cc2ccc(Br)cc2)cc1. The highest BCUT2D eigenvalue weighted by atomic mass is 79.9. The second-order valence-corrected chi connectivity index (χ2v) is 6.58. The number of benzene rings is 2. The Hall–Kier alpha value is -2.01. The van der Waals surface area contributed by atoms with E-state index in [2.05, 4.69) is 33.4 Å². The number of aryl methyl sites for hydroxylation is 1. The van der Waals surface area contributed by atoms with Crippen molar-refractivity contribution in [2.24, 2.45) is 0 Å². The highest BCUT2D eigenvalue weighted by Gasteiger charge is 2.08. The van der Waals surface area contributed by atoms with Gasteiger partial charge in [0.15, 0.2) is 0 Å². The Kier molecular flexibility index (Phi) is 7.12. The number of halogens is 1. The summed E-state index contributed by atoms with van der Waals surface area (Å²) >= 11 is 3.41. The summed E-state index contributed by atoms with van der Waals surface area (Å²) in [5.74, 6) is 0.863. The number of carbonyl (C=O) groups is 1. The number of ether oxygens (including phenoxy) is 1. The summed E-state index contributed by atoms with van der Waals surface area (Å²) in [5.41, 5.74) is 2.35. The lowest BCUT2D eigenvalue weighted by molar-refractivity contribution is 0.207. The molecule has 0 saturated heterocycles. The fourth-order valence-electron chi connectivity index (χ4n) is 2.35. The monoisotopic (exact) mass is 390 g/mol. The maximum Gasteiger partial charge on any atom is 0.317 e. The smallest absolute Gasteiger partial charge is 0.317 e. The van der Waals surface area contributed by atoms with Gasteiger partial charge in [-0.05, 0) is 48.2 Å². The molecule has 0 saturated carbocycles. The van der Waals surface area contributed by atoms with Gasteiger partial charge in [0.1, 0.15) is 5.75 Å². The minimum Gasteiger partial charge on any atom is -0.497 e. The molecule has 1 N–H and O–H groups in total. The molecule has 2 aromatic rings. The van der Waals surface area contributed by atoms with Crippen molar-refractivity contribution >= 4 is 22.0 Å². The molecule has 0 aliphatic rings. The van der Waals surface area contributed by atoms with Crippen molar-refractivity contribution < 1.29 is 9.53 Å². The zero-order chi connectivity index (χ0) is 17.4. The van der Waals surface area contributed by atoms with E-state index in [0.29, 0.717) is 13.1 Å². The largest absolute Gasteiger partial charge is 0.497 e. The minimum absolute atomic E-state index is 0.0485. The van der Waals surface area contributed by atoms with Crippen molar-refractivity contribution in [3.8, 4) is 5.75 Å². The van der Waals surface area contributed by atoms with Gasteiger partial charge in [0, 0.05) is 24.6 Å². The second-order valence-electron chi connectivity index (χ2n) is 5.67. The maximum atomic E-state index is 12.1. The van der Waals surface area contributed by atoms with Crippen molar-refractivity contribution in [2.45, 2.75) is 19.4 Å². The van der Waals surface area contributed by atoms with Crippen LogP contribution in [0.1, 0.15) is 17.5 Å². The van der Waals surface area contributed by atoms with Crippen molar-refractivity contribution in [3.05, 3.63) is 64.1 Å². The molecule has 5 heteroatoms. The number of amides is 2. The number of urea groups is 1. The molecule has 0 atom stereocenters. The summed E-state index contributed by atoms with van der Waals surface area (Å²) in [6, 6.07) is 16.0. The standard InChI is InChI=1S/C19H23BrN2O2/c1-22(14-16-5-9-17(20)10-6-16)19(23)21-13-3-4-15-7-11-18(24-2)12-8-15/h5-12H,3-4,13-14H2,1-2H3,(H,21,23). The van der Waals surface area contributed by atoms with Gasteiger partial charge in [-0.25, -0.2) is 4.79 Å². The first kappa shape index (κ1) is 18.3. The molecule has 0 aromatic heterocycles. The first-order chi connectivity index (χ1) is 11.6. The molecule has 2 aromatic carbocycles. The molecule has 2 amide bonds. The normalized spacial score (nSPS) is 10.3. The average molecular weight is 391 g/mol. The van der Waals surface area contributed by atoms with Crippen LogP contribution in [0.4, 0.5) is 4.79 Å². The molecule has 0 aliphatic heterocycles. The van der Waals surface area contributed by atoms with Gasteiger partial charge in [0.2, 0.25) is 0 Å². The summed E-state index contributed by atoms with van der Waals surface area (Å²) < 4.78 is 6.18. The Balaban J connectivity index is 1.69. The lowest BCUT2D eigenvalue weighted by Crippen LogP contribution is -2.37. The fraction of sp³-hybridized carbons (Fsp3) is 0.316. The Morgan fingerprint density at radius 1 is 1.08 bits per heavy atom. The van der Waals surface area contributed by atoms with E-state index in [0.717, 1.165) is 28.6 Å². The molecular weight excluding hydrogens is 368 g/mol. The molecule has 0 radical (unpaired) electrons. The van der Waals surface area contributed by atoms with Crippen molar-refractivity contribution in [1.82, 2.24) is 10.2 Å². The lowest BCUT2D eigenvalue weighted by Gasteiger charge is -2.18. The number of carbonyl (C=O) groups excluding carboxylic acids is 1. The van der Waals surface area contributed by atoms with Crippen molar-refractivity contribution in [1.29, 1.82) is 0 Å². The van der Waals surface area contributed by atoms with E-state index in [4.69, 9.17) is 4.74 Å². The van der Waals surface area contributed by atoms with Crippen LogP contribution in [-0.2, 0) is 13.0 Å². The van der Waals surface area contributed by atoms with Gasteiger partial charge in [-0.1, -0.05) is 40.2 Å². The maximum absolute atomic E-state index is 12.1. The molecule has 0 bridgehead atoms. The van der Waals surface area contributed by atoms with Crippen LogP contribution in [0.3, 0.4) is 0 Å². The summed E-state index contributed by atoms with van der Waals surface area (Å²) in [5, 5.41) is 2.96. The summed E-state index contributed by atoms with van der Waals surface area (Å²) in [6.07, 6.45) is 1.84. The van der Waals surface area contributed by atoms with Gasteiger partial charge in [-0.3, -0.25) is 0 Å². The third-order valence-electron chi connectivity index (χ3n) is 3.76. The van der Waals surface area contributed by atoms with Crippen LogP contribution < -0.4 is 10.1 Å². The fourth-order valence-corrected chi connectivity index (χ4v) is 2.61. The van der Waals surface area contributed by atoms with Crippen LogP contribution in [0.25, 0.3) is 0 Å². The molecule has 4 nitrogen and oxygen atoms in total. The molecule has 0 heterocycles. The highest BCUT2D eigenvalue weighted by molar-refractivity contribution is 9.10. The second kappa shape index (κ2) is 9.33. The Morgan fingerprint density at radius 2 is 1.71 bits per heavy atom. The van der Waals surface area contributed by atoms with E-state index in [1.807, 2.05) is 36.4 Å². The molecule has 0 spiro atoms. The van der Waals surface area contributed by atoms with E-state index in [9.17, 15) is 4.79 Å². The first-order valence-electron chi connectivity index (χ1n) is 7.95. The van der Waals surface area contributed by atoms with Crippen LogP contribution in [0.2, 0.25) is 0 Å². The minimum atomic E-state index is -0.0485. The number of methoxy groups -OCH3 is 1. The Morgan fingerprint density at radius 3 is 2.33 bits per heavy atom. The molecule has 2 rings (SSSR count). The van der Waals surface area contributed by atoms with Gasteiger partial charge in [0.05, 0.1) is 7.11 Å². The molecule has 128 valence electrons. The molecular formula is C19H23BrN2O2. The van der Waals surface area contributed by atoms with Gasteiger partial charge in [0.25, 0.3) is 0 Å². The molecule has 24 heavy (non-hydrogen) atoms. The average Bonchev–Trinajstić information content (AvgIpc) is 2.61. The van der Waals surface area contributed by atoms with E-state index in [1.165, 1.54) is 5.56 Å². The van der Waals surface area contributed by atoms with Crippen molar-refractivity contribution in [3.63, 3.8) is 0 Å². The van der Waals surface area contributed by atoms with E-state index in [-0.39, 0.29) is 6.03 Å². The van der Waals surface area contributed by atoms with Gasteiger partial charge in [-0.15, -0.1) is 0 Å². The lowest BCUT2D eigenvalue weighted by atomic mass is 10.1. The summed E-state index contributed by atoms with van der Waals surface area (Å²) in [7, 11) is 3.47. The zero-order valence-corrected chi connectivity index (χ0v) is 15.7. The third kappa shape index (κ3) is 5.89. The van der Waals surface area contributed by atoms with Gasteiger partial charge >= 0.3 is 6.03 Å². The number of nitrogens with zero attached hydrogens (tertiary/aromatic N) is 1. The Bertz CT molecular complexity index is 641. The number of nitrogens with one attached hydrogen (secondary N) is 1. The Labute approximate surface area is 151 Å². The predicted octanol–water partition coefficient (Wildman–Crippen LogP) is 4.23. The van der Waals surface area contributed by atoms with Crippen LogP contribution in [-0.4, -0.2) is 31.6 Å². The quantitative estimate of drug-likeness (QED) is 0.718. The topological polar surface area (TPSA) is 41.6 Å². The van der Waals surface area contributed by atoms with Crippen molar-refractivity contribution in [2.75, 3.05) is 20.7 Å². The summed E-state index contributed by atoms with van der Waals surface area (Å²) in [6.45, 7) is 1.26. The van der Waals surface area contributed by atoms with E-state index < -0.39 is 0 Å². The van der Waals surface area contributed by atoms with Crippen LogP contribution in [0.15, 0.2) is 53.0 Å². The molecule has 0 fully saturated rings. The van der Waals surface area contributed by atoms with Crippen LogP contribution in [0.5, 0.6) is 5.75 Å². The van der Waals surface area contributed by atoms with E-state index >= 15 is 0 Å². The molecule has 0 unspecified atom stereocenters. The van der Waals surface area contributed by atoms with Crippen LogP contribution in [0, 0.1) is 0 Å². The number of rotatable bonds is 7. The summed E-state index contributed by atoms with van der Waals surface area (Å²) in [4.78, 5) is 13.8. The molecule has 0 aliphatic carbocycles. The zero-order valence-electron chi connectivity index (χ0n) is 14.1. The highest BCUT2D eigenvalue weighted by Crippen LogP contribution is 2.13. The van der Waals surface area contributed by atoms with Gasteiger partial charge < -0.3 is 15.0 Å². The first-order valence-corrected chi connectivity index (χ1v) is 8.74. The predicted molar refractivity (Wildman–Crippen MR) is 100 cm³/mol. The van der Waals surface area contributed by atoms with E-state index in [1.54, 1.807) is 19.1 Å². The third-order valence-corrected chi connectivity index (χ3v) is 4.29. The number of hydrogen-bond donors (Lipinski definition) is 1.